The quantitative estimate of drug-likeness (QED) is 0.654. The van der Waals surface area contributed by atoms with E-state index in [1.165, 1.54) is 0 Å². The molecule has 15 heavy (non-hydrogen) atoms. The molecule has 2 atom stereocenters. The predicted octanol–water partition coefficient (Wildman–Crippen LogP) is 1.52. The number of carbonyl (C=O) groups excluding carboxylic acids is 1. The Hall–Kier alpha value is -0.610. The summed E-state index contributed by atoms with van der Waals surface area (Å²) in [6.07, 6.45) is 4.10. The number of ether oxygens (including phenoxy) is 3. The van der Waals surface area contributed by atoms with Crippen molar-refractivity contribution in [3.05, 3.63) is 0 Å². The van der Waals surface area contributed by atoms with Gasteiger partial charge in [-0.05, 0) is 26.2 Å². The monoisotopic (exact) mass is 216 g/mol. The second kappa shape index (κ2) is 6.80. The van der Waals surface area contributed by atoms with Gasteiger partial charge in [0.1, 0.15) is 12.7 Å². The van der Waals surface area contributed by atoms with Gasteiger partial charge >= 0.3 is 5.97 Å². The van der Waals surface area contributed by atoms with Crippen molar-refractivity contribution in [2.45, 2.75) is 44.8 Å². The Morgan fingerprint density at radius 2 is 1.93 bits per heavy atom. The van der Waals surface area contributed by atoms with E-state index in [9.17, 15) is 4.79 Å². The summed E-state index contributed by atoms with van der Waals surface area (Å²) in [7, 11) is 1.67. The average Bonchev–Trinajstić information content (AvgIpc) is 2.27. The van der Waals surface area contributed by atoms with Crippen LogP contribution in [0.2, 0.25) is 0 Å². The first kappa shape index (κ1) is 12.5. The zero-order chi connectivity index (χ0) is 11.1. The van der Waals surface area contributed by atoms with Crippen molar-refractivity contribution in [2.75, 3.05) is 20.3 Å². The highest BCUT2D eigenvalue weighted by Crippen LogP contribution is 2.23. The second-order valence-corrected chi connectivity index (χ2v) is 3.72. The van der Waals surface area contributed by atoms with Crippen molar-refractivity contribution in [2.24, 2.45) is 0 Å². The summed E-state index contributed by atoms with van der Waals surface area (Å²) in [6, 6.07) is 0. The van der Waals surface area contributed by atoms with Gasteiger partial charge in [0.15, 0.2) is 0 Å². The molecule has 1 aliphatic rings. The normalized spacial score (nSPS) is 26.3. The van der Waals surface area contributed by atoms with Crippen LogP contribution < -0.4 is 0 Å². The Morgan fingerprint density at radius 1 is 1.27 bits per heavy atom. The second-order valence-electron chi connectivity index (χ2n) is 3.72. The van der Waals surface area contributed by atoms with Crippen molar-refractivity contribution >= 4 is 5.97 Å². The van der Waals surface area contributed by atoms with Gasteiger partial charge in [0.2, 0.25) is 0 Å². The van der Waals surface area contributed by atoms with Crippen LogP contribution in [-0.4, -0.2) is 38.5 Å². The van der Waals surface area contributed by atoms with Crippen LogP contribution in [0, 0.1) is 0 Å². The highest BCUT2D eigenvalue weighted by Gasteiger charge is 2.27. The van der Waals surface area contributed by atoms with Crippen LogP contribution in [0.3, 0.4) is 0 Å². The topological polar surface area (TPSA) is 44.8 Å². The van der Waals surface area contributed by atoms with Crippen LogP contribution in [0.4, 0.5) is 0 Å². The maximum Gasteiger partial charge on any atom is 0.332 e. The Balaban J connectivity index is 2.30. The molecule has 0 aliphatic heterocycles. The van der Waals surface area contributed by atoms with E-state index in [2.05, 4.69) is 0 Å². The number of hydrogen-bond acceptors (Lipinski definition) is 4. The summed E-state index contributed by atoms with van der Waals surface area (Å²) < 4.78 is 15.6. The van der Waals surface area contributed by atoms with Crippen LogP contribution >= 0.6 is 0 Å². The zero-order valence-electron chi connectivity index (χ0n) is 9.53. The van der Waals surface area contributed by atoms with Crippen molar-refractivity contribution in [1.29, 1.82) is 0 Å². The molecule has 0 saturated heterocycles. The molecule has 0 aromatic heterocycles. The Bertz CT molecular complexity index is 193. The molecule has 0 N–H and O–H groups in total. The zero-order valence-corrected chi connectivity index (χ0v) is 9.53. The first-order chi connectivity index (χ1) is 7.27. The molecule has 0 radical (unpaired) electrons. The molecule has 1 saturated carbocycles. The molecular formula is C11H20O4. The Labute approximate surface area is 90.9 Å². The molecule has 1 aliphatic carbocycles. The van der Waals surface area contributed by atoms with E-state index in [0.717, 1.165) is 25.7 Å². The van der Waals surface area contributed by atoms with Crippen molar-refractivity contribution < 1.29 is 19.0 Å². The average molecular weight is 216 g/mol. The molecule has 4 nitrogen and oxygen atoms in total. The van der Waals surface area contributed by atoms with Gasteiger partial charge in [-0.2, -0.15) is 0 Å². The van der Waals surface area contributed by atoms with Crippen molar-refractivity contribution in [1.82, 2.24) is 0 Å². The molecule has 0 amide bonds. The van der Waals surface area contributed by atoms with Crippen LogP contribution in [0.25, 0.3) is 0 Å². The van der Waals surface area contributed by atoms with E-state index in [4.69, 9.17) is 14.2 Å². The van der Waals surface area contributed by atoms with Crippen LogP contribution in [0.15, 0.2) is 0 Å². The SMILES string of the molecule is CCOCC(=O)O[C@@H]1CCCC[C@H]1OC. The highest BCUT2D eigenvalue weighted by molar-refractivity contribution is 5.70. The lowest BCUT2D eigenvalue weighted by Crippen LogP contribution is -2.36. The first-order valence-electron chi connectivity index (χ1n) is 5.58. The highest BCUT2D eigenvalue weighted by atomic mass is 16.6. The smallest absolute Gasteiger partial charge is 0.332 e. The van der Waals surface area contributed by atoms with E-state index in [1.54, 1.807) is 7.11 Å². The molecule has 1 rings (SSSR count). The minimum absolute atomic E-state index is 0.0451. The van der Waals surface area contributed by atoms with Gasteiger partial charge in [-0.1, -0.05) is 6.42 Å². The van der Waals surface area contributed by atoms with Gasteiger partial charge in [-0.15, -0.1) is 0 Å². The lowest BCUT2D eigenvalue weighted by Gasteiger charge is -2.29. The number of carbonyl (C=O) groups is 1. The molecule has 0 unspecified atom stereocenters. The minimum Gasteiger partial charge on any atom is -0.458 e. The third kappa shape index (κ3) is 4.18. The maximum atomic E-state index is 11.3. The van der Waals surface area contributed by atoms with Gasteiger partial charge < -0.3 is 14.2 Å². The Kier molecular flexibility index (Phi) is 5.65. The van der Waals surface area contributed by atoms with E-state index >= 15 is 0 Å². The summed E-state index contributed by atoms with van der Waals surface area (Å²) in [5, 5.41) is 0. The van der Waals surface area contributed by atoms with Gasteiger partial charge in [0.05, 0.1) is 6.10 Å². The summed E-state index contributed by atoms with van der Waals surface area (Å²) >= 11 is 0. The van der Waals surface area contributed by atoms with E-state index in [0.29, 0.717) is 6.61 Å². The van der Waals surface area contributed by atoms with E-state index in [-0.39, 0.29) is 24.8 Å². The number of methoxy groups -OCH3 is 1. The molecule has 0 aromatic rings. The fourth-order valence-electron chi connectivity index (χ4n) is 1.86. The standard InChI is InChI=1S/C11H20O4/c1-3-14-8-11(12)15-10-7-5-4-6-9(10)13-2/h9-10H,3-8H2,1-2H3/t9-,10-/m1/s1. The lowest BCUT2D eigenvalue weighted by molar-refractivity contribution is -0.164. The molecule has 0 aromatic carbocycles. The first-order valence-corrected chi connectivity index (χ1v) is 5.58. The summed E-state index contributed by atoms with van der Waals surface area (Å²) in [4.78, 5) is 11.3. The fraction of sp³-hybridized carbons (Fsp3) is 0.909. The van der Waals surface area contributed by atoms with Gasteiger partial charge in [-0.3, -0.25) is 0 Å². The fourth-order valence-corrected chi connectivity index (χ4v) is 1.86. The Morgan fingerprint density at radius 3 is 2.53 bits per heavy atom. The molecule has 0 spiro atoms. The van der Waals surface area contributed by atoms with E-state index < -0.39 is 0 Å². The summed E-state index contributed by atoms with van der Waals surface area (Å²) in [5.74, 6) is -0.286. The number of rotatable bonds is 5. The molecular weight excluding hydrogens is 196 g/mol. The van der Waals surface area contributed by atoms with Gasteiger partial charge in [-0.25, -0.2) is 4.79 Å². The van der Waals surface area contributed by atoms with Gasteiger partial charge in [0, 0.05) is 13.7 Å². The predicted molar refractivity (Wildman–Crippen MR) is 55.6 cm³/mol. The third-order valence-electron chi connectivity index (χ3n) is 2.65. The van der Waals surface area contributed by atoms with Gasteiger partial charge in [0.25, 0.3) is 0 Å². The third-order valence-corrected chi connectivity index (χ3v) is 2.65. The number of esters is 1. The molecule has 1 fully saturated rings. The molecule has 0 heterocycles. The lowest BCUT2D eigenvalue weighted by atomic mass is 9.94. The van der Waals surface area contributed by atoms with Crippen LogP contribution in [0.1, 0.15) is 32.6 Å². The van der Waals surface area contributed by atoms with Crippen LogP contribution in [0.5, 0.6) is 0 Å². The number of hydrogen-bond donors (Lipinski definition) is 0. The molecule has 0 bridgehead atoms. The van der Waals surface area contributed by atoms with Crippen molar-refractivity contribution in [3.63, 3.8) is 0 Å². The molecule has 88 valence electrons. The van der Waals surface area contributed by atoms with Crippen molar-refractivity contribution in [3.8, 4) is 0 Å². The van der Waals surface area contributed by atoms with Crippen LogP contribution in [-0.2, 0) is 19.0 Å². The maximum absolute atomic E-state index is 11.3. The largest absolute Gasteiger partial charge is 0.458 e. The summed E-state index contributed by atoms with van der Waals surface area (Å²) in [5.41, 5.74) is 0. The summed E-state index contributed by atoms with van der Waals surface area (Å²) in [6.45, 7) is 2.43. The molecule has 4 heteroatoms. The minimum atomic E-state index is -0.286. The van der Waals surface area contributed by atoms with E-state index in [1.807, 2.05) is 6.92 Å².